The van der Waals surface area contributed by atoms with Crippen molar-refractivity contribution in [2.24, 2.45) is 17.8 Å². The molecular weight excluding hydrogens is 379 g/mol. The predicted molar refractivity (Wildman–Crippen MR) is 105 cm³/mol. The standard InChI is InChI=1S/C21H18ClFN4O/c22-13-3-1-12(2-4-13)8-24-21(28)19-16-9-27(10-17(16)19)20-15-7-14(23)5-6-18(15)25-11-26-20/h1-7,11,16-17,19H,8-10H2,(H,24,28)/t16-,17+,19+. The number of fused-ring (bicyclic) bond motifs is 2. The third-order valence-electron chi connectivity index (χ3n) is 5.75. The number of anilines is 1. The summed E-state index contributed by atoms with van der Waals surface area (Å²) in [6.07, 6.45) is 1.51. The molecule has 0 unspecified atom stereocenters. The lowest BCUT2D eigenvalue weighted by molar-refractivity contribution is -0.123. The SMILES string of the molecule is O=C(NCc1ccc(Cl)cc1)[C@H]1[C@@H]2CN(c3ncnc4ccc(F)cc34)C[C@@H]21. The minimum atomic E-state index is -0.299. The van der Waals surface area contributed by atoms with Gasteiger partial charge in [-0.3, -0.25) is 4.79 Å². The molecular formula is C21H18ClFN4O. The first-order chi connectivity index (χ1) is 13.6. The molecule has 2 aromatic carbocycles. The number of rotatable bonds is 4. The summed E-state index contributed by atoms with van der Waals surface area (Å²) in [6.45, 7) is 2.02. The summed E-state index contributed by atoms with van der Waals surface area (Å²) in [7, 11) is 0. The van der Waals surface area contributed by atoms with Crippen LogP contribution in [0.2, 0.25) is 5.02 Å². The van der Waals surface area contributed by atoms with Gasteiger partial charge < -0.3 is 10.2 Å². The summed E-state index contributed by atoms with van der Waals surface area (Å²) < 4.78 is 13.7. The van der Waals surface area contributed by atoms with Gasteiger partial charge in [0.15, 0.2) is 0 Å². The lowest BCUT2D eigenvalue weighted by Gasteiger charge is -2.22. The number of carbonyl (C=O) groups excluding carboxylic acids is 1. The van der Waals surface area contributed by atoms with Crippen LogP contribution in [0.1, 0.15) is 5.56 Å². The first kappa shape index (κ1) is 17.4. The first-order valence-electron chi connectivity index (χ1n) is 9.27. The van der Waals surface area contributed by atoms with Crippen molar-refractivity contribution in [3.63, 3.8) is 0 Å². The zero-order valence-electron chi connectivity index (χ0n) is 15.0. The van der Waals surface area contributed by atoms with Gasteiger partial charge in [-0.15, -0.1) is 0 Å². The maximum atomic E-state index is 13.7. The highest BCUT2D eigenvalue weighted by Gasteiger charge is 2.59. The summed E-state index contributed by atoms with van der Waals surface area (Å²) in [5.74, 6) is 1.24. The molecule has 1 amide bonds. The van der Waals surface area contributed by atoms with Crippen molar-refractivity contribution in [1.82, 2.24) is 15.3 Å². The number of piperidine rings is 1. The normalized spacial score (nSPS) is 22.9. The van der Waals surface area contributed by atoms with Crippen molar-refractivity contribution in [3.05, 3.63) is 65.2 Å². The van der Waals surface area contributed by atoms with E-state index in [2.05, 4.69) is 20.2 Å². The van der Waals surface area contributed by atoms with E-state index in [4.69, 9.17) is 11.6 Å². The lowest BCUT2D eigenvalue weighted by atomic mass is 10.2. The molecule has 142 valence electrons. The lowest BCUT2D eigenvalue weighted by Crippen LogP contribution is -2.32. The number of hydrogen-bond acceptors (Lipinski definition) is 4. The van der Waals surface area contributed by atoms with Gasteiger partial charge in [0.2, 0.25) is 5.91 Å². The third-order valence-corrected chi connectivity index (χ3v) is 6.00. The molecule has 0 radical (unpaired) electrons. The number of nitrogens with one attached hydrogen (secondary N) is 1. The zero-order valence-corrected chi connectivity index (χ0v) is 15.7. The van der Waals surface area contributed by atoms with E-state index < -0.39 is 0 Å². The van der Waals surface area contributed by atoms with Crippen molar-refractivity contribution < 1.29 is 9.18 Å². The van der Waals surface area contributed by atoms with Crippen molar-refractivity contribution >= 4 is 34.2 Å². The fraction of sp³-hybridized carbons (Fsp3) is 0.286. The molecule has 1 aliphatic carbocycles. The van der Waals surface area contributed by atoms with Gasteiger partial charge in [0.05, 0.1) is 5.52 Å². The molecule has 3 atom stereocenters. The van der Waals surface area contributed by atoms with Crippen LogP contribution >= 0.6 is 11.6 Å². The number of amides is 1. The van der Waals surface area contributed by atoms with Gasteiger partial charge in [0.25, 0.3) is 0 Å². The average molecular weight is 397 g/mol. The van der Waals surface area contributed by atoms with Crippen LogP contribution in [-0.4, -0.2) is 29.0 Å². The first-order valence-corrected chi connectivity index (χ1v) is 9.65. The molecule has 0 bridgehead atoms. The quantitative estimate of drug-likeness (QED) is 0.734. The van der Waals surface area contributed by atoms with Crippen molar-refractivity contribution in [2.45, 2.75) is 6.54 Å². The van der Waals surface area contributed by atoms with Gasteiger partial charge in [-0.2, -0.15) is 0 Å². The summed E-state index contributed by atoms with van der Waals surface area (Å²) in [6, 6.07) is 12.0. The van der Waals surface area contributed by atoms with E-state index in [0.29, 0.717) is 28.8 Å². The van der Waals surface area contributed by atoms with Gasteiger partial charge in [-0.05, 0) is 47.7 Å². The highest BCUT2D eigenvalue weighted by Crippen LogP contribution is 2.52. The number of carbonyl (C=O) groups is 1. The zero-order chi connectivity index (χ0) is 19.3. The fourth-order valence-corrected chi connectivity index (χ4v) is 4.39. The molecule has 1 N–H and O–H groups in total. The summed E-state index contributed by atoms with van der Waals surface area (Å²) in [5, 5.41) is 4.42. The third kappa shape index (κ3) is 3.07. The summed E-state index contributed by atoms with van der Waals surface area (Å²) in [4.78, 5) is 23.3. The Kier molecular flexibility index (Phi) is 4.16. The van der Waals surface area contributed by atoms with E-state index in [0.717, 1.165) is 30.0 Å². The molecule has 2 fully saturated rings. The highest BCUT2D eigenvalue weighted by atomic mass is 35.5. The van der Waals surface area contributed by atoms with Crippen molar-refractivity contribution in [3.8, 4) is 0 Å². The molecule has 1 saturated carbocycles. The monoisotopic (exact) mass is 396 g/mol. The van der Waals surface area contributed by atoms with Crippen LogP contribution in [0.3, 0.4) is 0 Å². The van der Waals surface area contributed by atoms with Gasteiger partial charge in [0, 0.05) is 36.0 Å². The Hall–Kier alpha value is -2.73. The number of benzene rings is 2. The summed E-state index contributed by atoms with van der Waals surface area (Å²) >= 11 is 5.89. The van der Waals surface area contributed by atoms with Crippen molar-refractivity contribution in [1.29, 1.82) is 0 Å². The molecule has 1 aliphatic heterocycles. The fourth-order valence-electron chi connectivity index (χ4n) is 4.26. The smallest absolute Gasteiger partial charge is 0.224 e. The van der Waals surface area contributed by atoms with Gasteiger partial charge >= 0.3 is 0 Å². The molecule has 1 aromatic heterocycles. The predicted octanol–water partition coefficient (Wildman–Crippen LogP) is 3.42. The van der Waals surface area contributed by atoms with Crippen LogP contribution in [0.25, 0.3) is 10.9 Å². The molecule has 5 nitrogen and oxygen atoms in total. The Morgan fingerprint density at radius 2 is 1.89 bits per heavy atom. The second-order valence-corrected chi connectivity index (χ2v) is 7.90. The van der Waals surface area contributed by atoms with Crippen LogP contribution in [0.4, 0.5) is 10.2 Å². The van der Waals surface area contributed by atoms with E-state index in [9.17, 15) is 9.18 Å². The molecule has 2 heterocycles. The molecule has 28 heavy (non-hydrogen) atoms. The largest absolute Gasteiger partial charge is 0.355 e. The van der Waals surface area contributed by atoms with Gasteiger partial charge in [0.1, 0.15) is 18.0 Å². The highest BCUT2D eigenvalue weighted by molar-refractivity contribution is 6.30. The Bertz CT molecular complexity index is 1050. The molecule has 3 aromatic rings. The number of aromatic nitrogens is 2. The second kappa shape index (κ2) is 6.71. The molecule has 1 saturated heterocycles. The Balaban J connectivity index is 1.23. The molecule has 2 aliphatic rings. The van der Waals surface area contributed by atoms with Crippen LogP contribution in [0, 0.1) is 23.6 Å². The maximum Gasteiger partial charge on any atom is 0.224 e. The molecule has 5 rings (SSSR count). The van der Waals surface area contributed by atoms with E-state index in [-0.39, 0.29) is 17.6 Å². The molecule has 0 spiro atoms. The summed E-state index contributed by atoms with van der Waals surface area (Å²) in [5.41, 5.74) is 1.75. The van der Waals surface area contributed by atoms with Crippen LogP contribution in [0.5, 0.6) is 0 Å². The van der Waals surface area contributed by atoms with E-state index in [1.165, 1.54) is 18.5 Å². The Morgan fingerprint density at radius 3 is 2.64 bits per heavy atom. The number of hydrogen-bond donors (Lipinski definition) is 1. The maximum absolute atomic E-state index is 13.7. The minimum Gasteiger partial charge on any atom is -0.355 e. The topological polar surface area (TPSA) is 58.1 Å². The van der Waals surface area contributed by atoms with E-state index in [1.807, 2.05) is 24.3 Å². The minimum absolute atomic E-state index is 0.0494. The Labute approximate surface area is 166 Å². The Morgan fingerprint density at radius 1 is 1.14 bits per heavy atom. The van der Waals surface area contributed by atoms with E-state index >= 15 is 0 Å². The van der Waals surface area contributed by atoms with Gasteiger partial charge in [-0.25, -0.2) is 14.4 Å². The number of nitrogens with zero attached hydrogens (tertiary/aromatic N) is 3. The van der Waals surface area contributed by atoms with E-state index in [1.54, 1.807) is 6.07 Å². The van der Waals surface area contributed by atoms with Gasteiger partial charge in [-0.1, -0.05) is 23.7 Å². The van der Waals surface area contributed by atoms with Crippen LogP contribution in [0.15, 0.2) is 48.8 Å². The van der Waals surface area contributed by atoms with Crippen molar-refractivity contribution in [2.75, 3.05) is 18.0 Å². The average Bonchev–Trinajstić information content (AvgIpc) is 3.20. The van der Waals surface area contributed by atoms with Crippen LogP contribution < -0.4 is 10.2 Å². The molecule has 7 heteroatoms. The van der Waals surface area contributed by atoms with Crippen LogP contribution in [-0.2, 0) is 11.3 Å². The second-order valence-electron chi connectivity index (χ2n) is 7.46. The number of halogens is 2.